The van der Waals surface area contributed by atoms with Gasteiger partial charge in [0, 0.05) is 5.56 Å². The molecular formula is C13H18O4. The van der Waals surface area contributed by atoms with Crippen LogP contribution in [0.25, 0.3) is 0 Å². The molecule has 0 amide bonds. The molecule has 0 aromatic heterocycles. The minimum absolute atomic E-state index is 0.189. The molecule has 0 aliphatic rings. The molecule has 1 rings (SSSR count). The standard InChI is InChI=1S/C13H18O4/c1-5-17-12(16)8-6-9(13(2,3)4)11(15)10(14)7-8/h6-7,14-15H,5H2,1-4H3. The van der Waals surface area contributed by atoms with Crippen LogP contribution in [0.1, 0.15) is 43.6 Å². The SMILES string of the molecule is CCOC(=O)c1cc(O)c(O)c(C(C)(C)C)c1. The van der Waals surface area contributed by atoms with Crippen LogP contribution in [0.4, 0.5) is 0 Å². The van der Waals surface area contributed by atoms with Crippen LogP contribution in [0.15, 0.2) is 12.1 Å². The first-order valence-corrected chi connectivity index (χ1v) is 5.51. The summed E-state index contributed by atoms with van der Waals surface area (Å²) < 4.78 is 4.86. The topological polar surface area (TPSA) is 66.8 Å². The number of benzene rings is 1. The van der Waals surface area contributed by atoms with Gasteiger partial charge in [0.2, 0.25) is 0 Å². The highest BCUT2D eigenvalue weighted by molar-refractivity contribution is 5.90. The third-order valence-corrected chi connectivity index (χ3v) is 2.41. The Kier molecular flexibility index (Phi) is 3.66. The molecule has 0 saturated carbocycles. The van der Waals surface area contributed by atoms with Gasteiger partial charge >= 0.3 is 5.97 Å². The fourth-order valence-electron chi connectivity index (χ4n) is 1.52. The molecule has 0 saturated heterocycles. The highest BCUT2D eigenvalue weighted by atomic mass is 16.5. The Hall–Kier alpha value is -1.71. The van der Waals surface area contributed by atoms with E-state index in [0.717, 1.165) is 0 Å². The van der Waals surface area contributed by atoms with Gasteiger partial charge in [0.15, 0.2) is 11.5 Å². The fourth-order valence-corrected chi connectivity index (χ4v) is 1.52. The second-order valence-electron chi connectivity index (χ2n) is 4.86. The van der Waals surface area contributed by atoms with E-state index in [1.165, 1.54) is 6.07 Å². The van der Waals surface area contributed by atoms with Gasteiger partial charge < -0.3 is 14.9 Å². The van der Waals surface area contributed by atoms with Crippen molar-refractivity contribution in [3.05, 3.63) is 23.3 Å². The van der Waals surface area contributed by atoms with Crippen molar-refractivity contribution in [2.75, 3.05) is 6.61 Å². The van der Waals surface area contributed by atoms with Gasteiger partial charge in [-0.1, -0.05) is 20.8 Å². The smallest absolute Gasteiger partial charge is 0.338 e. The lowest BCUT2D eigenvalue weighted by molar-refractivity contribution is 0.0525. The molecule has 94 valence electrons. The van der Waals surface area contributed by atoms with Gasteiger partial charge in [-0.15, -0.1) is 0 Å². The number of phenolic OH excluding ortho intramolecular Hbond substituents is 2. The Balaban J connectivity index is 3.29. The summed E-state index contributed by atoms with van der Waals surface area (Å²) in [5.74, 6) is -1.00. The maximum Gasteiger partial charge on any atom is 0.338 e. The molecule has 0 spiro atoms. The summed E-state index contributed by atoms with van der Waals surface area (Å²) in [5.41, 5.74) is 0.386. The minimum Gasteiger partial charge on any atom is -0.504 e. The Morgan fingerprint density at radius 3 is 2.35 bits per heavy atom. The van der Waals surface area contributed by atoms with Gasteiger partial charge in [0.1, 0.15) is 0 Å². The molecule has 0 radical (unpaired) electrons. The predicted molar refractivity (Wildman–Crippen MR) is 64.4 cm³/mol. The summed E-state index contributed by atoms with van der Waals surface area (Å²) in [5, 5.41) is 19.4. The van der Waals surface area contributed by atoms with E-state index in [1.807, 2.05) is 20.8 Å². The molecule has 0 heterocycles. The van der Waals surface area contributed by atoms with E-state index in [4.69, 9.17) is 4.74 Å². The number of aromatic hydroxyl groups is 2. The van der Waals surface area contributed by atoms with Crippen molar-refractivity contribution in [3.8, 4) is 11.5 Å². The zero-order chi connectivity index (χ0) is 13.2. The first kappa shape index (κ1) is 13.4. The van der Waals surface area contributed by atoms with Crippen molar-refractivity contribution in [2.24, 2.45) is 0 Å². The zero-order valence-electron chi connectivity index (χ0n) is 10.6. The van der Waals surface area contributed by atoms with Gasteiger partial charge in [-0.3, -0.25) is 0 Å². The monoisotopic (exact) mass is 238 g/mol. The lowest BCUT2D eigenvalue weighted by atomic mass is 9.85. The number of esters is 1. The van der Waals surface area contributed by atoms with Gasteiger partial charge in [0.05, 0.1) is 12.2 Å². The molecule has 0 aliphatic heterocycles. The van der Waals surface area contributed by atoms with Gasteiger partial charge in [-0.2, -0.15) is 0 Å². The summed E-state index contributed by atoms with van der Waals surface area (Å²) in [6, 6.07) is 2.76. The fraction of sp³-hybridized carbons (Fsp3) is 0.462. The molecule has 4 nitrogen and oxygen atoms in total. The van der Waals surface area contributed by atoms with Crippen LogP contribution < -0.4 is 0 Å². The van der Waals surface area contributed by atoms with Crippen LogP contribution in [0.3, 0.4) is 0 Å². The molecule has 17 heavy (non-hydrogen) atoms. The van der Waals surface area contributed by atoms with Crippen LogP contribution in [-0.2, 0) is 10.2 Å². The van der Waals surface area contributed by atoms with Crippen LogP contribution in [0.5, 0.6) is 11.5 Å². The summed E-state index contributed by atoms with van der Waals surface area (Å²) >= 11 is 0. The molecule has 2 N–H and O–H groups in total. The van der Waals surface area contributed by atoms with Crippen molar-refractivity contribution in [1.29, 1.82) is 0 Å². The number of hydrogen-bond donors (Lipinski definition) is 2. The van der Waals surface area contributed by atoms with Crippen molar-refractivity contribution in [3.63, 3.8) is 0 Å². The van der Waals surface area contributed by atoms with E-state index >= 15 is 0 Å². The first-order chi connectivity index (χ1) is 7.77. The second-order valence-corrected chi connectivity index (χ2v) is 4.86. The van der Waals surface area contributed by atoms with Crippen molar-refractivity contribution in [2.45, 2.75) is 33.1 Å². The lowest BCUT2D eigenvalue weighted by Gasteiger charge is -2.21. The first-order valence-electron chi connectivity index (χ1n) is 5.51. The van der Waals surface area contributed by atoms with E-state index in [-0.39, 0.29) is 29.1 Å². The van der Waals surface area contributed by atoms with E-state index in [9.17, 15) is 15.0 Å². The van der Waals surface area contributed by atoms with Crippen LogP contribution in [0, 0.1) is 0 Å². The van der Waals surface area contributed by atoms with Crippen LogP contribution in [0.2, 0.25) is 0 Å². The Morgan fingerprint density at radius 1 is 1.29 bits per heavy atom. The van der Waals surface area contributed by atoms with Crippen LogP contribution >= 0.6 is 0 Å². The summed E-state index contributed by atoms with van der Waals surface area (Å²) in [6.45, 7) is 7.64. The number of rotatable bonds is 2. The highest BCUT2D eigenvalue weighted by Gasteiger charge is 2.23. The molecule has 0 fully saturated rings. The summed E-state index contributed by atoms with van der Waals surface area (Å²) in [6.07, 6.45) is 0. The number of hydrogen-bond acceptors (Lipinski definition) is 4. The van der Waals surface area contributed by atoms with Crippen molar-refractivity contribution in [1.82, 2.24) is 0 Å². The molecular weight excluding hydrogens is 220 g/mol. The van der Waals surface area contributed by atoms with Crippen LogP contribution in [-0.4, -0.2) is 22.8 Å². The van der Waals surface area contributed by atoms with E-state index < -0.39 is 5.97 Å². The highest BCUT2D eigenvalue weighted by Crippen LogP contribution is 2.38. The Morgan fingerprint density at radius 2 is 1.88 bits per heavy atom. The summed E-state index contributed by atoms with van der Waals surface area (Å²) in [4.78, 5) is 11.6. The van der Waals surface area contributed by atoms with Gasteiger partial charge in [0.25, 0.3) is 0 Å². The number of carbonyl (C=O) groups excluding carboxylic acids is 1. The molecule has 0 bridgehead atoms. The zero-order valence-corrected chi connectivity index (χ0v) is 10.6. The predicted octanol–water partition coefficient (Wildman–Crippen LogP) is 2.57. The van der Waals surface area contributed by atoms with E-state index in [1.54, 1.807) is 13.0 Å². The van der Waals surface area contributed by atoms with Gasteiger partial charge in [-0.05, 0) is 24.5 Å². The average molecular weight is 238 g/mol. The number of carbonyl (C=O) groups is 1. The van der Waals surface area contributed by atoms with E-state index in [2.05, 4.69) is 0 Å². The third-order valence-electron chi connectivity index (χ3n) is 2.41. The third kappa shape index (κ3) is 2.90. The Bertz CT molecular complexity index is 430. The summed E-state index contributed by atoms with van der Waals surface area (Å²) in [7, 11) is 0. The maximum absolute atomic E-state index is 11.6. The lowest BCUT2D eigenvalue weighted by Crippen LogP contribution is -2.13. The largest absolute Gasteiger partial charge is 0.504 e. The van der Waals surface area contributed by atoms with Crippen molar-refractivity contribution >= 4 is 5.97 Å². The average Bonchev–Trinajstić information content (AvgIpc) is 2.20. The molecule has 0 aliphatic carbocycles. The molecule has 0 atom stereocenters. The number of phenols is 2. The minimum atomic E-state index is -0.506. The Labute approximate surface area is 101 Å². The van der Waals surface area contributed by atoms with Crippen molar-refractivity contribution < 1.29 is 19.7 Å². The number of ether oxygens (including phenoxy) is 1. The maximum atomic E-state index is 11.6. The van der Waals surface area contributed by atoms with Gasteiger partial charge in [-0.25, -0.2) is 4.79 Å². The van der Waals surface area contributed by atoms with E-state index in [0.29, 0.717) is 5.56 Å². The molecule has 0 unspecified atom stereocenters. The molecule has 1 aromatic carbocycles. The molecule has 1 aromatic rings. The normalized spacial score (nSPS) is 11.3. The molecule has 4 heteroatoms. The quantitative estimate of drug-likeness (QED) is 0.614. The second kappa shape index (κ2) is 4.65.